The number of aromatic nitrogens is 1. The summed E-state index contributed by atoms with van der Waals surface area (Å²) >= 11 is 0. The summed E-state index contributed by atoms with van der Waals surface area (Å²) in [5, 5.41) is 14.2. The fourth-order valence-corrected chi connectivity index (χ4v) is 6.61. The minimum absolute atomic E-state index is 0.0555. The number of rotatable bonds is 6. The van der Waals surface area contributed by atoms with Crippen LogP contribution in [0.15, 0.2) is 66.9 Å². The van der Waals surface area contributed by atoms with Crippen molar-refractivity contribution >= 4 is 11.6 Å². The van der Waals surface area contributed by atoms with Crippen LogP contribution in [0.1, 0.15) is 71.3 Å². The molecular weight excluding hydrogens is 489 g/mol. The van der Waals surface area contributed by atoms with Gasteiger partial charge in [-0.05, 0) is 98.7 Å². The Hall–Kier alpha value is -3.19. The number of alkyl halides is 3. The van der Waals surface area contributed by atoms with Crippen LogP contribution in [-0.2, 0) is 18.3 Å². The molecule has 2 N–H and O–H groups in total. The summed E-state index contributed by atoms with van der Waals surface area (Å²) in [5.41, 5.74) is 3.80. The molecule has 1 fully saturated rings. The standard InChI is InChI=1S/C31H33F3N2O2/c1-21-27(8-5-17-35-21)36-28(37)24-10-12-26-23(18-24)9-11-25-20-29(38,14-16-31(32,33)34)13-15-30(25,26)19-22-6-3-2-4-7-22/h2-8,10,12,17-18,25,38H,9,11,13-16,19-20H2,1H3,(H,36,37)/t25-,29+,30+/m1/s1. The third kappa shape index (κ3) is 5.48. The van der Waals surface area contributed by atoms with E-state index in [0.29, 0.717) is 30.5 Å². The smallest absolute Gasteiger partial charge is 0.389 e. The number of hydrogen-bond acceptors (Lipinski definition) is 3. The number of fused-ring (bicyclic) bond motifs is 3. The van der Waals surface area contributed by atoms with Crippen LogP contribution in [0.25, 0.3) is 0 Å². The summed E-state index contributed by atoms with van der Waals surface area (Å²) in [6.45, 7) is 1.84. The molecule has 1 amide bonds. The molecule has 7 heteroatoms. The molecule has 200 valence electrons. The average Bonchev–Trinajstić information content (AvgIpc) is 2.89. The fraction of sp³-hybridized carbons (Fsp3) is 0.419. The van der Waals surface area contributed by atoms with Crippen molar-refractivity contribution in [1.82, 2.24) is 4.98 Å². The average molecular weight is 523 g/mol. The second-order valence-electron chi connectivity index (χ2n) is 11.1. The van der Waals surface area contributed by atoms with Gasteiger partial charge in [0.25, 0.3) is 5.91 Å². The molecule has 1 saturated carbocycles. The zero-order chi connectivity index (χ0) is 27.0. The lowest BCUT2D eigenvalue weighted by Crippen LogP contribution is -2.51. The van der Waals surface area contributed by atoms with Crippen molar-refractivity contribution in [3.05, 3.63) is 94.8 Å². The highest BCUT2D eigenvalue weighted by atomic mass is 19.4. The van der Waals surface area contributed by atoms with Gasteiger partial charge in [-0.15, -0.1) is 0 Å². The van der Waals surface area contributed by atoms with Crippen LogP contribution in [0.4, 0.5) is 18.9 Å². The number of halogens is 3. The quantitative estimate of drug-likeness (QED) is 0.369. The van der Waals surface area contributed by atoms with E-state index in [1.807, 2.05) is 49.4 Å². The highest BCUT2D eigenvalue weighted by molar-refractivity contribution is 6.04. The van der Waals surface area contributed by atoms with E-state index in [0.717, 1.165) is 36.1 Å². The molecule has 0 spiro atoms. The third-order valence-electron chi connectivity index (χ3n) is 8.60. The van der Waals surface area contributed by atoms with Gasteiger partial charge in [-0.2, -0.15) is 13.2 Å². The molecule has 1 aromatic heterocycles. The Morgan fingerprint density at radius 3 is 2.63 bits per heavy atom. The Morgan fingerprint density at radius 2 is 1.89 bits per heavy atom. The fourth-order valence-electron chi connectivity index (χ4n) is 6.61. The summed E-state index contributed by atoms with van der Waals surface area (Å²) in [6.07, 6.45) is -0.289. The van der Waals surface area contributed by atoms with Gasteiger partial charge in [0.2, 0.25) is 0 Å². The molecule has 0 aliphatic heterocycles. The monoisotopic (exact) mass is 522 g/mol. The molecule has 0 unspecified atom stereocenters. The predicted molar refractivity (Wildman–Crippen MR) is 141 cm³/mol. The Labute approximate surface area is 221 Å². The molecule has 0 saturated heterocycles. The van der Waals surface area contributed by atoms with E-state index in [1.54, 1.807) is 12.3 Å². The molecule has 0 bridgehead atoms. The van der Waals surface area contributed by atoms with Gasteiger partial charge in [0.1, 0.15) is 0 Å². The molecule has 2 aliphatic carbocycles. The molecule has 4 nitrogen and oxygen atoms in total. The van der Waals surface area contributed by atoms with E-state index >= 15 is 0 Å². The van der Waals surface area contributed by atoms with Gasteiger partial charge in [0.15, 0.2) is 0 Å². The Balaban J connectivity index is 1.46. The number of nitrogens with one attached hydrogen (secondary N) is 1. The summed E-state index contributed by atoms with van der Waals surface area (Å²) in [6, 6.07) is 19.6. The molecule has 5 rings (SSSR count). The maximum atomic E-state index is 13.1. The van der Waals surface area contributed by atoms with Crippen LogP contribution in [0, 0.1) is 12.8 Å². The van der Waals surface area contributed by atoms with Gasteiger partial charge in [-0.1, -0.05) is 36.4 Å². The highest BCUT2D eigenvalue weighted by Crippen LogP contribution is 2.55. The number of aliphatic hydroxyl groups is 1. The van der Waals surface area contributed by atoms with Gasteiger partial charge in [0.05, 0.1) is 17.0 Å². The Morgan fingerprint density at radius 1 is 1.11 bits per heavy atom. The topological polar surface area (TPSA) is 62.2 Å². The number of aryl methyl sites for hydroxylation is 2. The Kier molecular flexibility index (Phi) is 7.07. The van der Waals surface area contributed by atoms with E-state index < -0.39 is 18.2 Å². The van der Waals surface area contributed by atoms with Gasteiger partial charge >= 0.3 is 6.18 Å². The van der Waals surface area contributed by atoms with E-state index in [2.05, 4.69) is 22.4 Å². The van der Waals surface area contributed by atoms with Crippen LogP contribution >= 0.6 is 0 Å². The van der Waals surface area contributed by atoms with Crippen LogP contribution in [0.5, 0.6) is 0 Å². The van der Waals surface area contributed by atoms with Crippen LogP contribution in [0.3, 0.4) is 0 Å². The molecule has 2 aliphatic rings. The van der Waals surface area contributed by atoms with Crippen molar-refractivity contribution in [3.8, 4) is 0 Å². The van der Waals surface area contributed by atoms with Gasteiger partial charge in [0, 0.05) is 23.6 Å². The number of nitrogens with zero attached hydrogens (tertiary/aromatic N) is 1. The second-order valence-corrected chi connectivity index (χ2v) is 11.1. The number of amides is 1. The first-order valence-electron chi connectivity index (χ1n) is 13.3. The molecular formula is C31H33F3N2O2. The van der Waals surface area contributed by atoms with Crippen LogP contribution in [-0.4, -0.2) is 27.8 Å². The lowest BCUT2D eigenvalue weighted by atomic mass is 9.52. The number of anilines is 1. The second kappa shape index (κ2) is 10.2. The van der Waals surface area contributed by atoms with E-state index in [4.69, 9.17) is 0 Å². The minimum Gasteiger partial charge on any atom is -0.390 e. The minimum atomic E-state index is -4.28. The lowest BCUT2D eigenvalue weighted by Gasteiger charge is -2.53. The maximum Gasteiger partial charge on any atom is 0.389 e. The molecule has 3 aromatic rings. The largest absolute Gasteiger partial charge is 0.390 e. The normalized spacial score (nSPS) is 24.8. The van der Waals surface area contributed by atoms with Crippen molar-refractivity contribution in [3.63, 3.8) is 0 Å². The number of benzene rings is 2. The zero-order valence-corrected chi connectivity index (χ0v) is 21.5. The van der Waals surface area contributed by atoms with Gasteiger partial charge in [-0.25, -0.2) is 0 Å². The third-order valence-corrected chi connectivity index (χ3v) is 8.60. The lowest BCUT2D eigenvalue weighted by molar-refractivity contribution is -0.153. The molecule has 1 heterocycles. The van der Waals surface area contributed by atoms with Crippen LogP contribution < -0.4 is 5.32 Å². The number of pyridine rings is 1. The first-order chi connectivity index (χ1) is 18.1. The van der Waals surface area contributed by atoms with Crippen molar-refractivity contribution < 1.29 is 23.1 Å². The first-order valence-corrected chi connectivity index (χ1v) is 13.3. The van der Waals surface area contributed by atoms with Crippen molar-refractivity contribution in [1.29, 1.82) is 0 Å². The maximum absolute atomic E-state index is 13.1. The summed E-state index contributed by atoms with van der Waals surface area (Å²) in [7, 11) is 0. The summed E-state index contributed by atoms with van der Waals surface area (Å²) in [5.74, 6) is -0.145. The number of carbonyl (C=O) groups is 1. The molecule has 3 atom stereocenters. The van der Waals surface area contributed by atoms with E-state index in [-0.39, 0.29) is 23.7 Å². The molecule has 0 radical (unpaired) electrons. The van der Waals surface area contributed by atoms with Crippen molar-refractivity contribution in [2.45, 2.75) is 75.5 Å². The van der Waals surface area contributed by atoms with Gasteiger partial charge in [-0.3, -0.25) is 9.78 Å². The number of hydrogen-bond donors (Lipinski definition) is 2. The predicted octanol–water partition coefficient (Wildman–Crippen LogP) is 6.94. The molecule has 2 aromatic carbocycles. The van der Waals surface area contributed by atoms with Crippen LogP contribution in [0.2, 0.25) is 0 Å². The summed E-state index contributed by atoms with van der Waals surface area (Å²) < 4.78 is 39.0. The van der Waals surface area contributed by atoms with E-state index in [9.17, 15) is 23.1 Å². The van der Waals surface area contributed by atoms with Crippen molar-refractivity contribution in [2.24, 2.45) is 5.92 Å². The number of carbonyl (C=O) groups excluding carboxylic acids is 1. The van der Waals surface area contributed by atoms with Gasteiger partial charge < -0.3 is 10.4 Å². The first kappa shape index (κ1) is 26.4. The summed E-state index contributed by atoms with van der Waals surface area (Å²) in [4.78, 5) is 17.3. The van der Waals surface area contributed by atoms with Crippen molar-refractivity contribution in [2.75, 3.05) is 5.32 Å². The highest BCUT2D eigenvalue weighted by Gasteiger charge is 2.52. The SMILES string of the molecule is Cc1ncccc1NC(=O)c1ccc2c(c1)CC[C@@H]1C[C@@](O)(CCC(F)(F)F)CC[C@@]21Cc1ccccc1. The zero-order valence-electron chi connectivity index (χ0n) is 21.5. The Bertz CT molecular complexity index is 1310. The molecule has 38 heavy (non-hydrogen) atoms. The van der Waals surface area contributed by atoms with E-state index in [1.165, 1.54) is 5.56 Å².